The molecule has 8 nitrogen and oxygen atoms in total. The maximum absolute atomic E-state index is 14.6. The Kier molecular flexibility index (Phi) is 5.11. The molecule has 2 saturated heterocycles. The van der Waals surface area contributed by atoms with Gasteiger partial charge in [-0.2, -0.15) is 5.10 Å². The van der Waals surface area contributed by atoms with E-state index in [9.17, 15) is 9.18 Å². The highest BCUT2D eigenvalue weighted by Gasteiger charge is 2.33. The summed E-state index contributed by atoms with van der Waals surface area (Å²) in [5.41, 5.74) is 1.58. The molecule has 0 spiro atoms. The van der Waals surface area contributed by atoms with Crippen molar-refractivity contribution in [2.24, 2.45) is 18.9 Å². The Morgan fingerprint density at radius 3 is 2.83 bits per heavy atom. The molecule has 9 heteroatoms. The lowest BCUT2D eigenvalue weighted by Gasteiger charge is -2.35. The average molecular weight is 470 g/mol. The Hall–Kier alpha value is -4.03. The van der Waals surface area contributed by atoms with Crippen LogP contribution in [0.15, 0.2) is 53.5 Å². The van der Waals surface area contributed by atoms with Gasteiger partial charge in [-0.25, -0.2) is 14.2 Å². The van der Waals surface area contributed by atoms with Crippen molar-refractivity contribution in [1.82, 2.24) is 24.6 Å². The summed E-state index contributed by atoms with van der Waals surface area (Å²) in [5.74, 6) is 1.50. The van der Waals surface area contributed by atoms with Crippen LogP contribution >= 0.6 is 0 Å². The number of benzene rings is 2. The van der Waals surface area contributed by atoms with Gasteiger partial charge in [0.1, 0.15) is 17.5 Å². The van der Waals surface area contributed by atoms with Crippen LogP contribution < -0.4 is 15.8 Å². The highest BCUT2D eigenvalue weighted by Crippen LogP contribution is 2.31. The largest absolute Gasteiger partial charge is 0.356 e. The molecule has 0 amide bonds. The van der Waals surface area contributed by atoms with Gasteiger partial charge in [0.15, 0.2) is 0 Å². The van der Waals surface area contributed by atoms with Crippen molar-refractivity contribution in [3.8, 4) is 17.1 Å². The molecule has 4 aromatic rings. The molecule has 0 radical (unpaired) electrons. The molecule has 0 aliphatic carbocycles. The fourth-order valence-corrected chi connectivity index (χ4v) is 5.33. The maximum atomic E-state index is 14.6. The zero-order valence-corrected chi connectivity index (χ0v) is 19.3. The van der Waals surface area contributed by atoms with Gasteiger partial charge in [0.05, 0.1) is 17.8 Å². The fraction of sp³-hybridized carbons (Fsp3) is 0.308. The van der Waals surface area contributed by atoms with E-state index in [-0.39, 0.29) is 11.2 Å². The second-order valence-corrected chi connectivity index (χ2v) is 9.35. The monoisotopic (exact) mass is 469 g/mol. The Balaban J connectivity index is 1.51. The Bertz CT molecular complexity index is 1550. The van der Waals surface area contributed by atoms with Crippen LogP contribution in [0.2, 0.25) is 0 Å². The quantitative estimate of drug-likeness (QED) is 0.465. The van der Waals surface area contributed by atoms with Crippen LogP contribution in [0, 0.1) is 24.2 Å². The second-order valence-electron chi connectivity index (χ2n) is 9.35. The molecule has 176 valence electrons. The molecule has 2 fully saturated rings. The van der Waals surface area contributed by atoms with E-state index in [1.165, 1.54) is 16.7 Å². The first-order chi connectivity index (χ1) is 17.0. The van der Waals surface area contributed by atoms with Gasteiger partial charge >= 0.3 is 0 Å². The second kappa shape index (κ2) is 8.32. The summed E-state index contributed by atoms with van der Waals surface area (Å²) < 4.78 is 17.9. The SMILES string of the molecule is [C-]#[N+]c1ccc(-c2nc(N3CCC4CNCC4C3)cc(=O)n2-c2ccc3nn(C)cc3c2)cc1F. The normalized spacial score (nSPS) is 19.6. The molecule has 6 rings (SSSR count). The average Bonchev–Trinajstić information content (AvgIpc) is 3.47. The van der Waals surface area contributed by atoms with E-state index in [2.05, 4.69) is 20.2 Å². The van der Waals surface area contributed by atoms with Crippen LogP contribution in [0.3, 0.4) is 0 Å². The number of piperidine rings is 1. The summed E-state index contributed by atoms with van der Waals surface area (Å²) in [6.07, 6.45) is 2.93. The molecular formula is C26H24FN7O. The van der Waals surface area contributed by atoms with Crippen molar-refractivity contribution < 1.29 is 4.39 Å². The van der Waals surface area contributed by atoms with Gasteiger partial charge < -0.3 is 10.2 Å². The fourth-order valence-electron chi connectivity index (χ4n) is 5.33. The molecule has 2 aromatic heterocycles. The number of nitrogens with zero attached hydrogens (tertiary/aromatic N) is 6. The van der Waals surface area contributed by atoms with Crippen molar-refractivity contribution in [2.75, 3.05) is 31.1 Å². The maximum Gasteiger partial charge on any atom is 0.260 e. The number of hydrogen-bond donors (Lipinski definition) is 1. The minimum absolute atomic E-state index is 0.0635. The van der Waals surface area contributed by atoms with Crippen LogP contribution in [0.1, 0.15) is 6.42 Å². The van der Waals surface area contributed by atoms with E-state index in [0.29, 0.717) is 34.7 Å². The first-order valence-corrected chi connectivity index (χ1v) is 11.7. The zero-order chi connectivity index (χ0) is 24.1. The summed E-state index contributed by atoms with van der Waals surface area (Å²) in [5, 5.41) is 8.76. The van der Waals surface area contributed by atoms with E-state index < -0.39 is 5.82 Å². The number of aryl methyl sites for hydroxylation is 1. The topological polar surface area (TPSA) is 72.3 Å². The van der Waals surface area contributed by atoms with E-state index in [1.54, 1.807) is 16.8 Å². The lowest BCUT2D eigenvalue weighted by molar-refractivity contribution is 0.347. The molecule has 0 bridgehead atoms. The minimum Gasteiger partial charge on any atom is -0.356 e. The number of hydrogen-bond acceptors (Lipinski definition) is 5. The van der Waals surface area contributed by atoms with Gasteiger partial charge in [0.25, 0.3) is 5.56 Å². The van der Waals surface area contributed by atoms with E-state index in [1.807, 2.05) is 31.4 Å². The summed E-state index contributed by atoms with van der Waals surface area (Å²) in [7, 11) is 1.85. The van der Waals surface area contributed by atoms with Crippen LogP contribution in [0.25, 0.3) is 32.8 Å². The highest BCUT2D eigenvalue weighted by atomic mass is 19.1. The molecule has 4 heterocycles. The molecule has 2 aliphatic heterocycles. The van der Waals surface area contributed by atoms with E-state index >= 15 is 0 Å². The van der Waals surface area contributed by atoms with Crippen LogP contribution in [0.4, 0.5) is 15.9 Å². The number of nitrogens with one attached hydrogen (secondary N) is 1. The molecule has 2 unspecified atom stereocenters. The third-order valence-corrected chi connectivity index (χ3v) is 7.12. The minimum atomic E-state index is -0.635. The molecular weight excluding hydrogens is 445 g/mol. The highest BCUT2D eigenvalue weighted by molar-refractivity contribution is 5.81. The van der Waals surface area contributed by atoms with Crippen LogP contribution in [-0.2, 0) is 7.05 Å². The van der Waals surface area contributed by atoms with E-state index in [4.69, 9.17) is 11.6 Å². The number of rotatable bonds is 3. The van der Waals surface area contributed by atoms with Crippen LogP contribution in [-0.4, -0.2) is 45.5 Å². The lowest BCUT2D eigenvalue weighted by atomic mass is 9.89. The van der Waals surface area contributed by atoms with Crippen molar-refractivity contribution in [3.63, 3.8) is 0 Å². The molecule has 2 atom stereocenters. The Morgan fingerprint density at radius 2 is 2.00 bits per heavy atom. The van der Waals surface area contributed by atoms with Crippen molar-refractivity contribution in [3.05, 3.63) is 76.2 Å². The molecule has 0 saturated carbocycles. The van der Waals surface area contributed by atoms with Crippen molar-refractivity contribution in [1.29, 1.82) is 0 Å². The molecule has 1 N–H and O–H groups in total. The van der Waals surface area contributed by atoms with Gasteiger partial charge in [-0.15, -0.1) is 0 Å². The Morgan fingerprint density at radius 1 is 1.14 bits per heavy atom. The predicted octanol–water partition coefficient (Wildman–Crippen LogP) is 3.52. The van der Waals surface area contributed by atoms with E-state index in [0.717, 1.165) is 43.5 Å². The summed E-state index contributed by atoms with van der Waals surface area (Å²) in [6.45, 7) is 10.8. The third kappa shape index (κ3) is 3.76. The molecule has 2 aliphatic rings. The zero-order valence-electron chi connectivity index (χ0n) is 19.3. The van der Waals surface area contributed by atoms with Crippen molar-refractivity contribution in [2.45, 2.75) is 6.42 Å². The molecule has 2 aromatic carbocycles. The molecule has 35 heavy (non-hydrogen) atoms. The number of aromatic nitrogens is 4. The van der Waals surface area contributed by atoms with Crippen LogP contribution in [0.5, 0.6) is 0 Å². The van der Waals surface area contributed by atoms with Gasteiger partial charge in [0, 0.05) is 43.4 Å². The standard InChI is InChI=1S/C26H24FN7O/c1-28-23-5-3-16(10-21(23)27)26-30-24(33-8-7-17-12-29-13-19(17)15-33)11-25(35)34(26)20-4-6-22-18(9-20)14-32(2)31-22/h3-6,9-11,14,17,19,29H,7-8,12-13,15H2,2H3. The third-order valence-electron chi connectivity index (χ3n) is 7.12. The van der Waals surface area contributed by atoms with Gasteiger partial charge in [-0.3, -0.25) is 14.0 Å². The first-order valence-electron chi connectivity index (χ1n) is 11.7. The number of halogens is 1. The number of anilines is 1. The van der Waals surface area contributed by atoms with Crippen molar-refractivity contribution >= 4 is 22.4 Å². The van der Waals surface area contributed by atoms with Gasteiger partial charge in [-0.05, 0) is 55.6 Å². The van der Waals surface area contributed by atoms with Gasteiger partial charge in [-0.1, -0.05) is 12.1 Å². The summed E-state index contributed by atoms with van der Waals surface area (Å²) in [4.78, 5) is 23.9. The predicted molar refractivity (Wildman–Crippen MR) is 132 cm³/mol. The summed E-state index contributed by atoms with van der Waals surface area (Å²) in [6, 6.07) is 11.5. The Labute approximate surface area is 201 Å². The first kappa shape index (κ1) is 21.5. The number of fused-ring (bicyclic) bond motifs is 2. The smallest absolute Gasteiger partial charge is 0.260 e. The lowest BCUT2D eigenvalue weighted by Crippen LogP contribution is -2.41. The van der Waals surface area contributed by atoms with Gasteiger partial charge in [0.2, 0.25) is 5.69 Å². The summed E-state index contributed by atoms with van der Waals surface area (Å²) >= 11 is 0.